The molecule has 1 unspecified atom stereocenters. The second-order valence-electron chi connectivity index (χ2n) is 2.65. The predicted molar refractivity (Wildman–Crippen MR) is 43.5 cm³/mol. The van der Waals surface area contributed by atoms with E-state index >= 15 is 0 Å². The van der Waals surface area contributed by atoms with Gasteiger partial charge in [0, 0.05) is 20.1 Å². The monoisotopic (exact) mass is 162 g/mol. The van der Waals surface area contributed by atoms with Crippen molar-refractivity contribution in [3.05, 3.63) is 0 Å². The van der Waals surface area contributed by atoms with Gasteiger partial charge in [-0.25, -0.2) is 0 Å². The Labute approximate surface area is 68.3 Å². The van der Waals surface area contributed by atoms with Gasteiger partial charge in [0.1, 0.15) is 0 Å². The summed E-state index contributed by atoms with van der Waals surface area (Å²) in [5, 5.41) is 9.42. The van der Waals surface area contributed by atoms with Crippen molar-refractivity contribution in [2.45, 2.75) is 19.4 Å². The minimum atomic E-state index is -0.310. The number of rotatable bonds is 6. The number of hydrogen-bond donors (Lipinski definition) is 1. The van der Waals surface area contributed by atoms with Gasteiger partial charge < -0.3 is 14.6 Å². The van der Waals surface area contributed by atoms with E-state index in [9.17, 15) is 5.11 Å². The molecule has 0 bridgehead atoms. The molecule has 0 rings (SSSR count). The number of hydrogen-bond acceptors (Lipinski definition) is 3. The maximum Gasteiger partial charge on any atom is 0.0609 e. The number of aliphatic hydroxyl groups excluding tert-OH is 1. The molecule has 0 saturated heterocycles. The Morgan fingerprint density at radius 3 is 1.91 bits per heavy atom. The van der Waals surface area contributed by atoms with Gasteiger partial charge in [-0.15, -0.1) is 0 Å². The van der Waals surface area contributed by atoms with Crippen LogP contribution in [0.4, 0.5) is 0 Å². The Hall–Kier alpha value is -0.120. The molecule has 1 N–H and O–H groups in total. The van der Waals surface area contributed by atoms with Gasteiger partial charge in [-0.2, -0.15) is 0 Å². The van der Waals surface area contributed by atoms with E-state index in [4.69, 9.17) is 9.47 Å². The molecule has 3 heteroatoms. The number of ether oxygens (including phenoxy) is 2. The van der Waals surface area contributed by atoms with Gasteiger partial charge in [0.05, 0.1) is 19.3 Å². The van der Waals surface area contributed by atoms with E-state index in [1.54, 1.807) is 14.2 Å². The Morgan fingerprint density at radius 2 is 1.64 bits per heavy atom. The summed E-state index contributed by atoms with van der Waals surface area (Å²) in [5.41, 5.74) is 0. The van der Waals surface area contributed by atoms with Crippen LogP contribution >= 0.6 is 0 Å². The predicted octanol–water partition coefficient (Wildman–Crippen LogP) is 0.666. The average molecular weight is 162 g/mol. The van der Waals surface area contributed by atoms with Crippen molar-refractivity contribution in [3.8, 4) is 0 Å². The van der Waals surface area contributed by atoms with Crippen LogP contribution in [0.2, 0.25) is 0 Å². The fourth-order valence-electron chi connectivity index (χ4n) is 1.03. The van der Waals surface area contributed by atoms with E-state index in [1.165, 1.54) is 0 Å². The minimum absolute atomic E-state index is 0.106. The van der Waals surface area contributed by atoms with Crippen LogP contribution in [0.1, 0.15) is 13.3 Å². The summed E-state index contributed by atoms with van der Waals surface area (Å²) in [6.07, 6.45) is 0.437. The Kier molecular flexibility index (Phi) is 6.51. The zero-order valence-electron chi connectivity index (χ0n) is 7.54. The van der Waals surface area contributed by atoms with Crippen LogP contribution < -0.4 is 0 Å². The second kappa shape index (κ2) is 6.58. The normalized spacial score (nSPS) is 13.9. The van der Waals surface area contributed by atoms with Gasteiger partial charge in [-0.1, -0.05) is 6.92 Å². The molecule has 0 radical (unpaired) electrons. The lowest BCUT2D eigenvalue weighted by atomic mass is 10.0. The van der Waals surface area contributed by atoms with Gasteiger partial charge in [-0.05, 0) is 6.42 Å². The van der Waals surface area contributed by atoms with Crippen molar-refractivity contribution >= 4 is 0 Å². The molecule has 11 heavy (non-hydrogen) atoms. The zero-order valence-corrected chi connectivity index (χ0v) is 7.54. The molecule has 0 aliphatic heterocycles. The summed E-state index contributed by atoms with van der Waals surface area (Å²) in [5.74, 6) is 0.106. The molecule has 0 heterocycles. The molecular formula is C8H18O3. The molecule has 0 aromatic carbocycles. The molecule has 1 atom stereocenters. The second-order valence-corrected chi connectivity index (χ2v) is 2.65. The molecule has 0 fully saturated rings. The Morgan fingerprint density at radius 1 is 1.18 bits per heavy atom. The zero-order chi connectivity index (χ0) is 8.69. The standard InChI is InChI=1S/C8H18O3/c1-4-8(9)7(5-10-2)6-11-3/h7-9H,4-6H2,1-3H3. The average Bonchev–Trinajstić information content (AvgIpc) is 2.03. The lowest BCUT2D eigenvalue weighted by molar-refractivity contribution is 0.00258. The molecular weight excluding hydrogens is 144 g/mol. The highest BCUT2D eigenvalue weighted by molar-refractivity contribution is 4.65. The summed E-state index contributed by atoms with van der Waals surface area (Å²) in [6, 6.07) is 0. The summed E-state index contributed by atoms with van der Waals surface area (Å²) >= 11 is 0. The highest BCUT2D eigenvalue weighted by Gasteiger charge is 2.16. The quantitative estimate of drug-likeness (QED) is 0.623. The summed E-state index contributed by atoms with van der Waals surface area (Å²) in [4.78, 5) is 0. The summed E-state index contributed by atoms with van der Waals surface area (Å²) in [7, 11) is 3.26. The smallest absolute Gasteiger partial charge is 0.0609 e. The van der Waals surface area contributed by atoms with Gasteiger partial charge >= 0.3 is 0 Å². The first-order valence-corrected chi connectivity index (χ1v) is 3.92. The van der Waals surface area contributed by atoms with Crippen LogP contribution in [0.15, 0.2) is 0 Å². The van der Waals surface area contributed by atoms with E-state index in [0.29, 0.717) is 13.2 Å². The summed E-state index contributed by atoms with van der Waals surface area (Å²) in [6.45, 7) is 3.06. The van der Waals surface area contributed by atoms with Crippen molar-refractivity contribution in [3.63, 3.8) is 0 Å². The van der Waals surface area contributed by atoms with Gasteiger partial charge in [0.25, 0.3) is 0 Å². The molecule has 0 saturated carbocycles. The van der Waals surface area contributed by atoms with Crippen molar-refractivity contribution in [1.82, 2.24) is 0 Å². The van der Waals surface area contributed by atoms with E-state index in [-0.39, 0.29) is 12.0 Å². The Bertz CT molecular complexity index is 79.4. The third kappa shape index (κ3) is 4.35. The molecule has 0 spiro atoms. The molecule has 0 aromatic rings. The van der Waals surface area contributed by atoms with E-state index in [0.717, 1.165) is 6.42 Å². The third-order valence-electron chi connectivity index (χ3n) is 1.72. The number of methoxy groups -OCH3 is 2. The Balaban J connectivity index is 3.66. The highest BCUT2D eigenvalue weighted by atomic mass is 16.5. The van der Waals surface area contributed by atoms with Crippen LogP contribution in [0, 0.1) is 5.92 Å². The van der Waals surface area contributed by atoms with Crippen LogP contribution in [0.25, 0.3) is 0 Å². The molecule has 0 aliphatic rings. The molecule has 0 aromatic heterocycles. The van der Waals surface area contributed by atoms with Gasteiger partial charge in [-0.3, -0.25) is 0 Å². The van der Waals surface area contributed by atoms with Crippen molar-refractivity contribution in [2.75, 3.05) is 27.4 Å². The molecule has 68 valence electrons. The van der Waals surface area contributed by atoms with Crippen LogP contribution in [-0.2, 0) is 9.47 Å². The van der Waals surface area contributed by atoms with Crippen molar-refractivity contribution in [1.29, 1.82) is 0 Å². The first-order valence-electron chi connectivity index (χ1n) is 3.92. The largest absolute Gasteiger partial charge is 0.393 e. The van der Waals surface area contributed by atoms with Crippen molar-refractivity contribution in [2.24, 2.45) is 5.92 Å². The van der Waals surface area contributed by atoms with Gasteiger partial charge in [0.2, 0.25) is 0 Å². The van der Waals surface area contributed by atoms with E-state index < -0.39 is 0 Å². The maximum atomic E-state index is 9.42. The van der Waals surface area contributed by atoms with E-state index in [1.807, 2.05) is 6.92 Å². The minimum Gasteiger partial charge on any atom is -0.393 e. The molecule has 3 nitrogen and oxygen atoms in total. The fourth-order valence-corrected chi connectivity index (χ4v) is 1.03. The number of aliphatic hydroxyl groups is 1. The van der Waals surface area contributed by atoms with Gasteiger partial charge in [0.15, 0.2) is 0 Å². The third-order valence-corrected chi connectivity index (χ3v) is 1.72. The fraction of sp³-hybridized carbons (Fsp3) is 1.00. The molecule has 0 amide bonds. The molecule has 0 aliphatic carbocycles. The van der Waals surface area contributed by atoms with Crippen molar-refractivity contribution < 1.29 is 14.6 Å². The topological polar surface area (TPSA) is 38.7 Å². The summed E-state index contributed by atoms with van der Waals surface area (Å²) < 4.78 is 9.88. The first kappa shape index (κ1) is 10.9. The van der Waals surface area contributed by atoms with E-state index in [2.05, 4.69) is 0 Å². The van der Waals surface area contributed by atoms with Crippen LogP contribution in [-0.4, -0.2) is 38.6 Å². The lowest BCUT2D eigenvalue weighted by Gasteiger charge is -2.19. The SMILES string of the molecule is CCC(O)C(COC)COC. The highest BCUT2D eigenvalue weighted by Crippen LogP contribution is 2.07. The lowest BCUT2D eigenvalue weighted by Crippen LogP contribution is -2.27. The van der Waals surface area contributed by atoms with Crippen LogP contribution in [0.5, 0.6) is 0 Å². The maximum absolute atomic E-state index is 9.42. The van der Waals surface area contributed by atoms with Crippen LogP contribution in [0.3, 0.4) is 0 Å². The first-order chi connectivity index (χ1) is 5.26.